The van der Waals surface area contributed by atoms with Crippen molar-refractivity contribution in [1.82, 2.24) is 4.98 Å². The fourth-order valence-corrected chi connectivity index (χ4v) is 2.23. The van der Waals surface area contributed by atoms with Crippen molar-refractivity contribution in [2.75, 3.05) is 0 Å². The number of carboxylic acid groups (broad SMARTS) is 1. The predicted octanol–water partition coefficient (Wildman–Crippen LogP) is 0.513. The van der Waals surface area contributed by atoms with E-state index < -0.39 is 16.0 Å². The third-order valence-electron chi connectivity index (χ3n) is 2.16. The van der Waals surface area contributed by atoms with Gasteiger partial charge in [0.15, 0.2) is 0 Å². The summed E-state index contributed by atoms with van der Waals surface area (Å²) < 4.78 is 22.5. The number of primary sulfonamides is 1. The molecule has 6 nitrogen and oxygen atoms in total. The van der Waals surface area contributed by atoms with Gasteiger partial charge in [0, 0.05) is 10.9 Å². The number of aromatic nitrogens is 1. The Balaban J connectivity index is 2.83. The molecule has 0 fully saturated rings. The highest BCUT2D eigenvalue weighted by Gasteiger charge is 2.15. The second-order valence-corrected chi connectivity index (χ2v) is 4.78. The molecule has 0 atom stereocenters. The molecule has 0 saturated heterocycles. The van der Waals surface area contributed by atoms with E-state index in [1.165, 1.54) is 18.2 Å². The summed E-state index contributed by atoms with van der Waals surface area (Å²) in [7, 11) is -3.85. The van der Waals surface area contributed by atoms with Crippen LogP contribution in [-0.2, 0) is 10.0 Å². The van der Waals surface area contributed by atoms with Crippen molar-refractivity contribution in [3.05, 3.63) is 30.0 Å². The Morgan fingerprint density at radius 1 is 1.38 bits per heavy atom. The number of carbonyl (C=O) groups is 1. The van der Waals surface area contributed by atoms with Gasteiger partial charge < -0.3 is 10.1 Å². The van der Waals surface area contributed by atoms with Gasteiger partial charge in [0.1, 0.15) is 5.69 Å². The van der Waals surface area contributed by atoms with Gasteiger partial charge in [0.25, 0.3) is 0 Å². The Morgan fingerprint density at radius 3 is 2.62 bits per heavy atom. The molecule has 0 unspecified atom stereocenters. The van der Waals surface area contributed by atoms with Crippen LogP contribution in [0.25, 0.3) is 10.9 Å². The van der Waals surface area contributed by atoms with Gasteiger partial charge >= 0.3 is 5.97 Å². The summed E-state index contributed by atoms with van der Waals surface area (Å²) in [5.74, 6) is -1.16. The number of H-pyrrole nitrogens is 1. The van der Waals surface area contributed by atoms with E-state index in [2.05, 4.69) is 4.98 Å². The van der Waals surface area contributed by atoms with Crippen LogP contribution >= 0.6 is 0 Å². The summed E-state index contributed by atoms with van der Waals surface area (Å²) in [6.45, 7) is 0. The number of aromatic amines is 1. The third kappa shape index (κ3) is 1.66. The van der Waals surface area contributed by atoms with Crippen LogP contribution in [0.1, 0.15) is 10.5 Å². The number of hydrogen-bond acceptors (Lipinski definition) is 3. The van der Waals surface area contributed by atoms with E-state index in [1.807, 2.05) is 0 Å². The van der Waals surface area contributed by atoms with Crippen LogP contribution in [0.15, 0.2) is 29.2 Å². The lowest BCUT2D eigenvalue weighted by Crippen LogP contribution is -2.12. The molecule has 0 saturated carbocycles. The Hall–Kier alpha value is -1.86. The molecule has 0 aliphatic carbocycles. The van der Waals surface area contributed by atoms with Crippen molar-refractivity contribution in [2.24, 2.45) is 5.14 Å². The molecule has 0 spiro atoms. The van der Waals surface area contributed by atoms with E-state index in [-0.39, 0.29) is 16.0 Å². The zero-order valence-corrected chi connectivity index (χ0v) is 8.78. The van der Waals surface area contributed by atoms with E-state index >= 15 is 0 Å². The summed E-state index contributed by atoms with van der Waals surface area (Å²) in [5, 5.41) is 14.1. The number of fused-ring (bicyclic) bond motifs is 1. The molecule has 1 heterocycles. The SMILES string of the molecule is NS(=O)(=O)c1cccc2[nH]c(C(=O)O)cc12. The zero-order chi connectivity index (χ0) is 11.9. The molecule has 0 aliphatic heterocycles. The van der Waals surface area contributed by atoms with E-state index in [0.717, 1.165) is 0 Å². The van der Waals surface area contributed by atoms with Gasteiger partial charge in [-0.25, -0.2) is 18.4 Å². The van der Waals surface area contributed by atoms with Crippen LogP contribution in [0.2, 0.25) is 0 Å². The smallest absolute Gasteiger partial charge is 0.352 e. The van der Waals surface area contributed by atoms with Gasteiger partial charge in [-0.15, -0.1) is 0 Å². The number of benzene rings is 1. The van der Waals surface area contributed by atoms with Crippen molar-refractivity contribution in [3.63, 3.8) is 0 Å². The van der Waals surface area contributed by atoms with Gasteiger partial charge in [-0.3, -0.25) is 0 Å². The molecule has 2 aromatic rings. The minimum absolute atomic E-state index is 0.0777. The first kappa shape index (κ1) is 10.7. The zero-order valence-electron chi connectivity index (χ0n) is 7.97. The molecule has 0 aliphatic rings. The first-order valence-corrected chi connectivity index (χ1v) is 5.82. The van der Waals surface area contributed by atoms with Crippen LogP contribution in [0, 0.1) is 0 Å². The summed E-state index contributed by atoms with van der Waals surface area (Å²) in [6, 6.07) is 5.65. The van der Waals surface area contributed by atoms with Gasteiger partial charge in [-0.05, 0) is 18.2 Å². The molecule has 4 N–H and O–H groups in total. The van der Waals surface area contributed by atoms with Crippen molar-refractivity contribution >= 4 is 26.9 Å². The van der Waals surface area contributed by atoms with Crippen LogP contribution in [0.5, 0.6) is 0 Å². The highest BCUT2D eigenvalue weighted by molar-refractivity contribution is 7.89. The maximum absolute atomic E-state index is 11.2. The highest BCUT2D eigenvalue weighted by atomic mass is 32.2. The van der Waals surface area contributed by atoms with E-state index in [0.29, 0.717) is 5.52 Å². The molecule has 7 heteroatoms. The largest absolute Gasteiger partial charge is 0.477 e. The number of nitrogens with two attached hydrogens (primary N) is 1. The predicted molar refractivity (Wildman–Crippen MR) is 56.6 cm³/mol. The molecule has 1 aromatic heterocycles. The molecule has 0 bridgehead atoms. The molecular formula is C9H8N2O4S. The monoisotopic (exact) mass is 240 g/mol. The lowest BCUT2D eigenvalue weighted by Gasteiger charge is -1.98. The Labute approximate surface area is 90.7 Å². The average Bonchev–Trinajstić information content (AvgIpc) is 2.58. The lowest BCUT2D eigenvalue weighted by molar-refractivity contribution is 0.0691. The normalized spacial score (nSPS) is 11.8. The minimum atomic E-state index is -3.85. The van der Waals surface area contributed by atoms with Gasteiger partial charge in [0.2, 0.25) is 10.0 Å². The van der Waals surface area contributed by atoms with Crippen LogP contribution < -0.4 is 5.14 Å². The number of sulfonamides is 1. The highest BCUT2D eigenvalue weighted by Crippen LogP contribution is 2.22. The topological polar surface area (TPSA) is 113 Å². The third-order valence-corrected chi connectivity index (χ3v) is 3.13. The summed E-state index contributed by atoms with van der Waals surface area (Å²) in [6.07, 6.45) is 0. The molecule has 1 aromatic carbocycles. The maximum atomic E-state index is 11.2. The lowest BCUT2D eigenvalue weighted by atomic mass is 10.2. The van der Waals surface area contributed by atoms with E-state index in [1.54, 1.807) is 6.07 Å². The Kier molecular flexibility index (Phi) is 2.21. The Morgan fingerprint density at radius 2 is 2.06 bits per heavy atom. The van der Waals surface area contributed by atoms with E-state index in [9.17, 15) is 13.2 Å². The molecule has 84 valence electrons. The van der Waals surface area contributed by atoms with Gasteiger partial charge in [0.05, 0.1) is 4.90 Å². The van der Waals surface area contributed by atoms with Crippen LogP contribution in [0.3, 0.4) is 0 Å². The minimum Gasteiger partial charge on any atom is -0.477 e. The fourth-order valence-electron chi connectivity index (χ4n) is 1.49. The maximum Gasteiger partial charge on any atom is 0.352 e. The second-order valence-electron chi connectivity index (χ2n) is 3.25. The summed E-state index contributed by atoms with van der Waals surface area (Å²) in [5.41, 5.74) is 0.343. The Bertz CT molecular complexity index is 672. The second kappa shape index (κ2) is 3.32. The summed E-state index contributed by atoms with van der Waals surface area (Å²) in [4.78, 5) is 13.2. The number of rotatable bonds is 2. The first-order valence-electron chi connectivity index (χ1n) is 4.27. The molecule has 16 heavy (non-hydrogen) atoms. The molecular weight excluding hydrogens is 232 g/mol. The van der Waals surface area contributed by atoms with Crippen molar-refractivity contribution in [1.29, 1.82) is 0 Å². The number of nitrogens with one attached hydrogen (secondary N) is 1. The van der Waals surface area contributed by atoms with Crippen molar-refractivity contribution < 1.29 is 18.3 Å². The number of aromatic carboxylic acids is 1. The molecule has 0 amide bonds. The van der Waals surface area contributed by atoms with E-state index in [4.69, 9.17) is 10.2 Å². The molecule has 2 rings (SSSR count). The fraction of sp³-hybridized carbons (Fsp3) is 0. The molecule has 0 radical (unpaired) electrons. The van der Waals surface area contributed by atoms with Crippen molar-refractivity contribution in [3.8, 4) is 0 Å². The standard InChI is InChI=1S/C9H8N2O4S/c10-16(14,15)8-3-1-2-6-5(8)4-7(11-6)9(12)13/h1-4,11H,(H,12,13)(H2,10,14,15). The van der Waals surface area contributed by atoms with Crippen LogP contribution in [-0.4, -0.2) is 24.5 Å². The first-order chi connectivity index (χ1) is 7.39. The number of hydrogen-bond donors (Lipinski definition) is 3. The summed E-state index contributed by atoms with van der Waals surface area (Å²) >= 11 is 0. The number of carboxylic acids is 1. The van der Waals surface area contributed by atoms with Crippen molar-refractivity contribution in [2.45, 2.75) is 4.90 Å². The van der Waals surface area contributed by atoms with Gasteiger partial charge in [-0.2, -0.15) is 0 Å². The van der Waals surface area contributed by atoms with Crippen LogP contribution in [0.4, 0.5) is 0 Å². The van der Waals surface area contributed by atoms with Gasteiger partial charge in [-0.1, -0.05) is 6.07 Å². The average molecular weight is 240 g/mol. The quantitative estimate of drug-likeness (QED) is 0.709.